The minimum atomic E-state index is -0.394. The Bertz CT molecular complexity index is 713. The number of aryl methyl sites for hydroxylation is 1. The van der Waals surface area contributed by atoms with Gasteiger partial charge in [-0.3, -0.25) is 9.69 Å². The maximum atomic E-state index is 13.3. The first kappa shape index (κ1) is 13.7. The van der Waals surface area contributed by atoms with Crippen LogP contribution in [0, 0.1) is 12.7 Å². The summed E-state index contributed by atoms with van der Waals surface area (Å²) in [4.78, 5) is 28.5. The van der Waals surface area contributed by atoms with Crippen molar-refractivity contribution in [1.29, 1.82) is 0 Å². The van der Waals surface area contributed by atoms with Gasteiger partial charge in [-0.05, 0) is 30.7 Å². The van der Waals surface area contributed by atoms with E-state index in [0.717, 1.165) is 10.5 Å². The molecule has 7 heteroatoms. The molecule has 1 aromatic heterocycles. The molecule has 0 bridgehead atoms. The molecule has 5 nitrogen and oxygen atoms in total. The molecule has 2 heterocycles. The van der Waals surface area contributed by atoms with Gasteiger partial charge in [0.1, 0.15) is 10.8 Å². The van der Waals surface area contributed by atoms with Crippen molar-refractivity contribution in [3.05, 3.63) is 40.0 Å². The van der Waals surface area contributed by atoms with E-state index in [2.05, 4.69) is 10.3 Å². The van der Waals surface area contributed by atoms with Crippen LogP contribution in [0.15, 0.2) is 23.6 Å². The van der Waals surface area contributed by atoms with Crippen LogP contribution >= 0.6 is 11.3 Å². The summed E-state index contributed by atoms with van der Waals surface area (Å²) < 4.78 is 13.3. The van der Waals surface area contributed by atoms with Crippen molar-refractivity contribution < 1.29 is 14.0 Å². The first-order chi connectivity index (χ1) is 10.0. The quantitative estimate of drug-likeness (QED) is 0.885. The number of hydrogen-bond donors (Lipinski definition) is 1. The maximum Gasteiger partial charge on any atom is 0.324 e. The summed E-state index contributed by atoms with van der Waals surface area (Å²) in [6.07, 6.45) is 0. The van der Waals surface area contributed by atoms with E-state index < -0.39 is 6.03 Å². The summed E-state index contributed by atoms with van der Waals surface area (Å²) in [5.41, 5.74) is 2.08. The molecule has 21 heavy (non-hydrogen) atoms. The second-order valence-corrected chi connectivity index (χ2v) is 5.67. The monoisotopic (exact) mass is 305 g/mol. The van der Waals surface area contributed by atoms with Crippen LogP contribution in [-0.2, 0) is 11.3 Å². The first-order valence-corrected chi connectivity index (χ1v) is 7.21. The molecule has 3 amide bonds. The summed E-state index contributed by atoms with van der Waals surface area (Å²) in [5.74, 6) is -0.511. The van der Waals surface area contributed by atoms with Crippen molar-refractivity contribution in [1.82, 2.24) is 15.2 Å². The average molecular weight is 305 g/mol. The van der Waals surface area contributed by atoms with E-state index in [0.29, 0.717) is 16.3 Å². The topological polar surface area (TPSA) is 62.3 Å². The molecule has 0 aliphatic carbocycles. The Hall–Kier alpha value is -2.28. The molecule has 0 unspecified atom stereocenters. The number of urea groups is 1. The van der Waals surface area contributed by atoms with Crippen LogP contribution in [0.25, 0.3) is 11.3 Å². The molecule has 0 atom stereocenters. The number of benzene rings is 1. The Kier molecular flexibility index (Phi) is 3.42. The Labute approximate surface area is 124 Å². The van der Waals surface area contributed by atoms with E-state index in [9.17, 15) is 14.0 Å². The summed E-state index contributed by atoms with van der Waals surface area (Å²) in [6.45, 7) is 1.89. The summed E-state index contributed by atoms with van der Waals surface area (Å²) >= 11 is 1.37. The minimum absolute atomic E-state index is 0.0359. The Morgan fingerprint density at radius 3 is 2.90 bits per heavy atom. The standard InChI is InChI=1S/C14H12FN3O2S/c1-8-4-9(2-3-10(8)15)11-7-21-12(17-11)6-18-13(19)5-16-14(18)20/h2-4,7H,5-6H2,1H3,(H,16,20). The zero-order chi connectivity index (χ0) is 15.0. The summed E-state index contributed by atoms with van der Waals surface area (Å²) in [7, 11) is 0. The minimum Gasteiger partial charge on any atom is -0.329 e. The fraction of sp³-hybridized carbons (Fsp3) is 0.214. The van der Waals surface area contributed by atoms with Crippen molar-refractivity contribution in [2.45, 2.75) is 13.5 Å². The zero-order valence-corrected chi connectivity index (χ0v) is 12.0. The maximum absolute atomic E-state index is 13.3. The van der Waals surface area contributed by atoms with Crippen LogP contribution in [0.1, 0.15) is 10.6 Å². The number of rotatable bonds is 3. The first-order valence-electron chi connectivity index (χ1n) is 6.34. The van der Waals surface area contributed by atoms with Gasteiger partial charge < -0.3 is 5.32 Å². The number of carbonyl (C=O) groups is 2. The summed E-state index contributed by atoms with van der Waals surface area (Å²) in [6, 6.07) is 4.40. The second-order valence-electron chi connectivity index (χ2n) is 4.73. The fourth-order valence-corrected chi connectivity index (χ4v) is 2.86. The van der Waals surface area contributed by atoms with Crippen LogP contribution in [0.4, 0.5) is 9.18 Å². The number of aromatic nitrogens is 1. The molecule has 0 saturated carbocycles. The molecule has 0 spiro atoms. The van der Waals surface area contributed by atoms with Gasteiger partial charge in [0.2, 0.25) is 5.91 Å². The van der Waals surface area contributed by atoms with Crippen molar-refractivity contribution in [3.8, 4) is 11.3 Å². The van der Waals surface area contributed by atoms with Gasteiger partial charge in [0.25, 0.3) is 0 Å². The van der Waals surface area contributed by atoms with Crippen LogP contribution < -0.4 is 5.32 Å². The normalized spacial score (nSPS) is 14.7. The lowest BCUT2D eigenvalue weighted by atomic mass is 10.1. The molecule has 0 radical (unpaired) electrons. The van der Waals surface area contributed by atoms with Gasteiger partial charge in [-0.15, -0.1) is 11.3 Å². The third-order valence-electron chi connectivity index (χ3n) is 3.24. The molecule has 1 aliphatic rings. The largest absolute Gasteiger partial charge is 0.329 e. The molecule has 1 saturated heterocycles. The van der Waals surface area contributed by atoms with E-state index in [1.54, 1.807) is 19.1 Å². The lowest BCUT2D eigenvalue weighted by molar-refractivity contribution is -0.125. The number of amides is 3. The van der Waals surface area contributed by atoms with Gasteiger partial charge in [-0.25, -0.2) is 14.2 Å². The SMILES string of the molecule is Cc1cc(-c2csc(CN3C(=O)CNC3=O)n2)ccc1F. The van der Waals surface area contributed by atoms with E-state index >= 15 is 0 Å². The summed E-state index contributed by atoms with van der Waals surface area (Å²) in [5, 5.41) is 4.96. The van der Waals surface area contributed by atoms with Crippen molar-refractivity contribution in [3.63, 3.8) is 0 Å². The molecule has 3 rings (SSSR count). The predicted molar refractivity (Wildman–Crippen MR) is 76.2 cm³/mol. The second kappa shape index (κ2) is 5.25. The molecule has 1 aliphatic heterocycles. The van der Waals surface area contributed by atoms with Gasteiger partial charge in [0, 0.05) is 10.9 Å². The highest BCUT2D eigenvalue weighted by Gasteiger charge is 2.29. The van der Waals surface area contributed by atoms with E-state index in [1.807, 2.05) is 5.38 Å². The number of halogens is 1. The Morgan fingerprint density at radius 2 is 2.24 bits per heavy atom. The van der Waals surface area contributed by atoms with Gasteiger partial charge in [-0.2, -0.15) is 0 Å². The molecule has 108 valence electrons. The molecule has 1 N–H and O–H groups in total. The highest BCUT2D eigenvalue weighted by atomic mass is 32.1. The lowest BCUT2D eigenvalue weighted by Gasteiger charge is -2.09. The van der Waals surface area contributed by atoms with Gasteiger partial charge in [0.15, 0.2) is 0 Å². The fourth-order valence-electron chi connectivity index (χ4n) is 2.07. The number of nitrogens with one attached hydrogen (secondary N) is 1. The van der Waals surface area contributed by atoms with E-state index in [4.69, 9.17) is 0 Å². The smallest absolute Gasteiger partial charge is 0.324 e. The highest BCUT2D eigenvalue weighted by molar-refractivity contribution is 7.09. The number of thiazole rings is 1. The predicted octanol–water partition coefficient (Wildman–Crippen LogP) is 2.31. The van der Waals surface area contributed by atoms with Gasteiger partial charge >= 0.3 is 6.03 Å². The average Bonchev–Trinajstić information content (AvgIpc) is 3.04. The molecular weight excluding hydrogens is 293 g/mol. The molecule has 2 aromatic rings. The Balaban J connectivity index is 1.81. The van der Waals surface area contributed by atoms with Gasteiger partial charge in [-0.1, -0.05) is 0 Å². The van der Waals surface area contributed by atoms with Crippen molar-refractivity contribution >= 4 is 23.3 Å². The number of nitrogens with zero attached hydrogens (tertiary/aromatic N) is 2. The zero-order valence-electron chi connectivity index (χ0n) is 11.2. The molecular formula is C14H12FN3O2S. The van der Waals surface area contributed by atoms with Crippen LogP contribution in [0.2, 0.25) is 0 Å². The third-order valence-corrected chi connectivity index (χ3v) is 4.07. The van der Waals surface area contributed by atoms with Gasteiger partial charge in [0.05, 0.1) is 18.8 Å². The van der Waals surface area contributed by atoms with E-state index in [1.165, 1.54) is 17.4 Å². The van der Waals surface area contributed by atoms with Crippen molar-refractivity contribution in [2.75, 3.05) is 6.54 Å². The van der Waals surface area contributed by atoms with Crippen LogP contribution in [0.5, 0.6) is 0 Å². The number of imide groups is 1. The third kappa shape index (κ3) is 2.64. The van der Waals surface area contributed by atoms with Crippen LogP contribution in [0.3, 0.4) is 0 Å². The van der Waals surface area contributed by atoms with Crippen molar-refractivity contribution in [2.24, 2.45) is 0 Å². The lowest BCUT2D eigenvalue weighted by Crippen LogP contribution is -2.30. The highest BCUT2D eigenvalue weighted by Crippen LogP contribution is 2.24. The number of hydrogen-bond acceptors (Lipinski definition) is 4. The number of carbonyl (C=O) groups excluding carboxylic acids is 2. The molecule has 1 aromatic carbocycles. The van der Waals surface area contributed by atoms with Crippen LogP contribution in [-0.4, -0.2) is 28.4 Å². The van der Waals surface area contributed by atoms with E-state index in [-0.39, 0.29) is 24.8 Å². The molecule has 1 fully saturated rings. The Morgan fingerprint density at radius 1 is 1.43 bits per heavy atom.